The van der Waals surface area contributed by atoms with Gasteiger partial charge in [0.2, 0.25) is 5.91 Å². The molecule has 0 bridgehead atoms. The van der Waals surface area contributed by atoms with Gasteiger partial charge in [0.25, 0.3) is 0 Å². The van der Waals surface area contributed by atoms with Gasteiger partial charge in [0.15, 0.2) is 0 Å². The molecule has 0 aliphatic carbocycles. The van der Waals surface area contributed by atoms with Crippen LogP contribution in [-0.4, -0.2) is 52.9 Å². The minimum Gasteiger partial charge on any atom is -0.481 e. The number of carbonyl (C=O) groups is 2. The zero-order chi connectivity index (χ0) is 16.1. The molecule has 0 saturated carbocycles. The Morgan fingerprint density at radius 1 is 1.29 bits per heavy atom. The van der Waals surface area contributed by atoms with E-state index in [1.165, 1.54) is 0 Å². The predicted octanol–water partition coefficient (Wildman–Crippen LogP) is 1.35. The molecule has 0 rings (SSSR count). The number of nitrogens with one attached hydrogen (secondary N) is 1. The third kappa shape index (κ3) is 13.3. The second kappa shape index (κ2) is 12.3. The van der Waals surface area contributed by atoms with Crippen LogP contribution in [0, 0.1) is 0 Å². The van der Waals surface area contributed by atoms with Crippen LogP contribution in [0.4, 0.5) is 0 Å². The van der Waals surface area contributed by atoms with Gasteiger partial charge in [-0.25, -0.2) is 0 Å². The molecule has 21 heavy (non-hydrogen) atoms. The molecule has 0 fully saturated rings. The van der Waals surface area contributed by atoms with E-state index in [-0.39, 0.29) is 19.0 Å². The zero-order valence-corrected chi connectivity index (χ0v) is 13.0. The fraction of sp³-hybridized carbons (Fsp3) is 0.733. The van der Waals surface area contributed by atoms with Gasteiger partial charge < -0.3 is 15.5 Å². The van der Waals surface area contributed by atoms with Gasteiger partial charge in [-0.2, -0.15) is 0 Å². The van der Waals surface area contributed by atoms with E-state index >= 15 is 0 Å². The standard InChI is InChI=1S/C15H28N2O4/c1-3-4-5-6-7-8-14(19)16-12-17(11-13(2)18)10-9-15(20)21/h4-5,13,18H,3,6-12H2,1-2H3,(H,16,19)(H,20,21)/b5-4+. The molecule has 3 N–H and O–H groups in total. The minimum absolute atomic E-state index is 0.00952. The highest BCUT2D eigenvalue weighted by Gasteiger charge is 2.11. The maximum absolute atomic E-state index is 11.7. The van der Waals surface area contributed by atoms with Crippen LogP contribution >= 0.6 is 0 Å². The lowest BCUT2D eigenvalue weighted by Crippen LogP contribution is -2.41. The van der Waals surface area contributed by atoms with E-state index in [0.29, 0.717) is 19.5 Å². The molecule has 0 aromatic heterocycles. The Labute approximate surface area is 126 Å². The number of rotatable bonds is 12. The average Bonchev–Trinajstić information content (AvgIpc) is 2.41. The second-order valence-corrected chi connectivity index (χ2v) is 5.10. The SMILES string of the molecule is CC/C=C/CCCC(=O)NCN(CCC(=O)O)CC(C)O. The molecule has 1 amide bonds. The van der Waals surface area contributed by atoms with Crippen LogP contribution in [0.25, 0.3) is 0 Å². The zero-order valence-electron chi connectivity index (χ0n) is 13.0. The minimum atomic E-state index is -0.889. The summed E-state index contributed by atoms with van der Waals surface area (Å²) in [5.41, 5.74) is 0. The van der Waals surface area contributed by atoms with E-state index < -0.39 is 12.1 Å². The molecule has 0 saturated heterocycles. The van der Waals surface area contributed by atoms with Gasteiger partial charge >= 0.3 is 5.97 Å². The smallest absolute Gasteiger partial charge is 0.304 e. The average molecular weight is 300 g/mol. The molecule has 0 aliphatic heterocycles. The van der Waals surface area contributed by atoms with Crippen LogP contribution in [0.15, 0.2) is 12.2 Å². The summed E-state index contributed by atoms with van der Waals surface area (Å²) in [6.07, 6.45) is 6.72. The largest absolute Gasteiger partial charge is 0.481 e. The molecule has 1 atom stereocenters. The van der Waals surface area contributed by atoms with Crippen LogP contribution in [-0.2, 0) is 9.59 Å². The summed E-state index contributed by atoms with van der Waals surface area (Å²) in [6.45, 7) is 4.61. The highest BCUT2D eigenvalue weighted by Crippen LogP contribution is 1.99. The number of carboxylic acid groups (broad SMARTS) is 1. The number of aliphatic hydroxyl groups is 1. The monoisotopic (exact) mass is 300 g/mol. The first kappa shape index (κ1) is 19.6. The van der Waals surface area contributed by atoms with Crippen molar-refractivity contribution in [3.05, 3.63) is 12.2 Å². The number of carbonyl (C=O) groups excluding carboxylic acids is 1. The third-order valence-corrected chi connectivity index (χ3v) is 2.84. The van der Waals surface area contributed by atoms with Crippen LogP contribution < -0.4 is 5.32 Å². The van der Waals surface area contributed by atoms with Crippen LogP contribution in [0.5, 0.6) is 0 Å². The van der Waals surface area contributed by atoms with E-state index in [4.69, 9.17) is 5.11 Å². The predicted molar refractivity (Wildman–Crippen MR) is 81.8 cm³/mol. The maximum Gasteiger partial charge on any atom is 0.304 e. The van der Waals surface area contributed by atoms with Crippen molar-refractivity contribution >= 4 is 11.9 Å². The van der Waals surface area contributed by atoms with Crippen molar-refractivity contribution in [2.75, 3.05) is 19.8 Å². The lowest BCUT2D eigenvalue weighted by Gasteiger charge is -2.23. The molecule has 122 valence electrons. The van der Waals surface area contributed by atoms with E-state index in [0.717, 1.165) is 19.3 Å². The molecule has 0 aromatic rings. The van der Waals surface area contributed by atoms with Crippen LogP contribution in [0.1, 0.15) is 46.0 Å². The van der Waals surface area contributed by atoms with Gasteiger partial charge in [-0.3, -0.25) is 14.5 Å². The van der Waals surface area contributed by atoms with E-state index in [1.807, 2.05) is 0 Å². The molecule has 0 heterocycles. The normalized spacial score (nSPS) is 12.8. The maximum atomic E-state index is 11.7. The number of unbranched alkanes of at least 4 members (excludes halogenated alkanes) is 1. The lowest BCUT2D eigenvalue weighted by molar-refractivity contribution is -0.137. The fourth-order valence-corrected chi connectivity index (χ4v) is 1.82. The van der Waals surface area contributed by atoms with Crippen molar-refractivity contribution < 1.29 is 19.8 Å². The highest BCUT2D eigenvalue weighted by molar-refractivity contribution is 5.75. The number of aliphatic hydroxyl groups excluding tert-OH is 1. The summed E-state index contributed by atoms with van der Waals surface area (Å²) in [5, 5.41) is 20.8. The Morgan fingerprint density at radius 2 is 2.00 bits per heavy atom. The first-order valence-corrected chi connectivity index (χ1v) is 7.49. The van der Waals surface area contributed by atoms with Crippen molar-refractivity contribution in [2.24, 2.45) is 0 Å². The molecule has 1 unspecified atom stereocenters. The molecular weight excluding hydrogens is 272 g/mol. The van der Waals surface area contributed by atoms with Gasteiger partial charge in [0.1, 0.15) is 0 Å². The summed E-state index contributed by atoms with van der Waals surface area (Å²) >= 11 is 0. The Bertz CT molecular complexity index is 330. The molecule has 6 heteroatoms. The summed E-state index contributed by atoms with van der Waals surface area (Å²) < 4.78 is 0. The quantitative estimate of drug-likeness (QED) is 0.288. The van der Waals surface area contributed by atoms with Crippen molar-refractivity contribution in [3.8, 4) is 0 Å². The molecule has 0 radical (unpaired) electrons. The van der Waals surface area contributed by atoms with Crippen LogP contribution in [0.3, 0.4) is 0 Å². The lowest BCUT2D eigenvalue weighted by atomic mass is 10.2. The van der Waals surface area contributed by atoms with Gasteiger partial charge in [-0.15, -0.1) is 0 Å². The number of hydrogen-bond acceptors (Lipinski definition) is 4. The van der Waals surface area contributed by atoms with E-state index in [9.17, 15) is 14.7 Å². The Kier molecular flexibility index (Phi) is 11.5. The van der Waals surface area contributed by atoms with Gasteiger partial charge in [-0.1, -0.05) is 19.1 Å². The fourth-order valence-electron chi connectivity index (χ4n) is 1.82. The summed E-state index contributed by atoms with van der Waals surface area (Å²) in [6, 6.07) is 0. The molecule has 0 aliphatic rings. The third-order valence-electron chi connectivity index (χ3n) is 2.84. The van der Waals surface area contributed by atoms with Crippen LogP contribution in [0.2, 0.25) is 0 Å². The summed E-state index contributed by atoms with van der Waals surface area (Å²) in [7, 11) is 0. The van der Waals surface area contributed by atoms with Gasteiger partial charge in [0.05, 0.1) is 19.2 Å². The Balaban J connectivity index is 3.94. The summed E-state index contributed by atoms with van der Waals surface area (Å²) in [5.74, 6) is -0.939. The number of aliphatic carboxylic acids is 1. The van der Waals surface area contributed by atoms with E-state index in [1.54, 1.807) is 11.8 Å². The van der Waals surface area contributed by atoms with Gasteiger partial charge in [0, 0.05) is 19.5 Å². The summed E-state index contributed by atoms with van der Waals surface area (Å²) in [4.78, 5) is 24.0. The van der Waals surface area contributed by atoms with Crippen molar-refractivity contribution in [1.29, 1.82) is 0 Å². The molecule has 0 aromatic carbocycles. The number of carboxylic acids is 1. The first-order valence-electron chi connectivity index (χ1n) is 7.49. The molecule has 6 nitrogen and oxygen atoms in total. The number of hydrogen-bond donors (Lipinski definition) is 3. The Hall–Kier alpha value is -1.40. The molecule has 0 spiro atoms. The molecular formula is C15H28N2O4. The van der Waals surface area contributed by atoms with E-state index in [2.05, 4.69) is 24.4 Å². The van der Waals surface area contributed by atoms with Crippen molar-refractivity contribution in [1.82, 2.24) is 10.2 Å². The number of allylic oxidation sites excluding steroid dienone is 2. The van der Waals surface area contributed by atoms with Crippen molar-refractivity contribution in [3.63, 3.8) is 0 Å². The Morgan fingerprint density at radius 3 is 2.57 bits per heavy atom. The topological polar surface area (TPSA) is 89.9 Å². The number of amides is 1. The van der Waals surface area contributed by atoms with Crippen molar-refractivity contribution in [2.45, 2.75) is 52.1 Å². The second-order valence-electron chi connectivity index (χ2n) is 5.10. The first-order chi connectivity index (χ1) is 9.95. The number of nitrogens with zero attached hydrogens (tertiary/aromatic N) is 1. The van der Waals surface area contributed by atoms with Gasteiger partial charge in [-0.05, 0) is 26.2 Å². The highest BCUT2D eigenvalue weighted by atomic mass is 16.4.